The van der Waals surface area contributed by atoms with Crippen LogP contribution in [0.3, 0.4) is 0 Å². The van der Waals surface area contributed by atoms with Crippen molar-refractivity contribution in [2.75, 3.05) is 27.3 Å². The lowest BCUT2D eigenvalue weighted by Crippen LogP contribution is -2.49. The minimum absolute atomic E-state index is 0.422. The third kappa shape index (κ3) is 5.30. The van der Waals surface area contributed by atoms with Gasteiger partial charge >= 0.3 is 11.9 Å². The Morgan fingerprint density at radius 2 is 1.41 bits per heavy atom. The topological polar surface area (TPSA) is 93.1 Å². The third-order valence-corrected chi connectivity index (χ3v) is 1.91. The van der Waals surface area contributed by atoms with Crippen LogP contribution in [0.5, 0.6) is 0 Å². The van der Waals surface area contributed by atoms with Crippen LogP contribution in [-0.4, -0.2) is 60.8 Å². The molecule has 0 aromatic carbocycles. The fraction of sp³-hybridized carbons (Fsp3) is 0.700. The molecule has 0 saturated heterocycles. The molecule has 0 aliphatic heterocycles. The molecule has 0 unspecified atom stereocenters. The summed E-state index contributed by atoms with van der Waals surface area (Å²) >= 11 is 0. The summed E-state index contributed by atoms with van der Waals surface area (Å²) in [7, 11) is 2.32. The zero-order valence-electron chi connectivity index (χ0n) is 10.3. The Morgan fingerprint density at radius 1 is 1.06 bits per heavy atom. The molecule has 17 heavy (non-hydrogen) atoms. The Kier molecular flexibility index (Phi) is 5.60. The van der Waals surface area contributed by atoms with Crippen LogP contribution in [0.4, 0.5) is 0 Å². The van der Waals surface area contributed by atoms with Gasteiger partial charge in [-0.1, -0.05) is 0 Å². The maximum absolute atomic E-state index is 11.7. The maximum Gasteiger partial charge on any atom is 0.325 e. The van der Waals surface area contributed by atoms with Gasteiger partial charge in [-0.05, 0) is 13.8 Å². The molecule has 0 spiro atoms. The van der Waals surface area contributed by atoms with Crippen molar-refractivity contribution in [3.05, 3.63) is 0 Å². The van der Waals surface area contributed by atoms with Crippen LogP contribution >= 0.6 is 0 Å². The monoisotopic (exact) mass is 247 g/mol. The molecule has 0 aliphatic carbocycles. The van der Waals surface area contributed by atoms with Crippen LogP contribution < -0.4 is 0 Å². The normalized spacial score (nSPS) is 10.6. The van der Waals surface area contributed by atoms with Crippen LogP contribution in [-0.2, 0) is 23.9 Å². The fourth-order valence-electron chi connectivity index (χ4n) is 1.03. The Balaban J connectivity index is 4.79. The summed E-state index contributed by atoms with van der Waals surface area (Å²) in [6.45, 7) is 1.68. The molecular weight excluding hydrogens is 230 g/mol. The lowest BCUT2D eigenvalue weighted by atomic mass is 10.1. The van der Waals surface area contributed by atoms with Gasteiger partial charge in [-0.2, -0.15) is 0 Å². The van der Waals surface area contributed by atoms with Crippen molar-refractivity contribution in [2.24, 2.45) is 0 Å². The number of carbonyl (C=O) groups excluding carboxylic acids is 3. The first-order valence-corrected chi connectivity index (χ1v) is 4.87. The van der Waals surface area contributed by atoms with E-state index in [2.05, 4.69) is 9.47 Å². The second-order valence-corrected chi connectivity index (χ2v) is 3.87. The molecule has 0 aliphatic rings. The number of carbonyl (C=O) groups is 3. The zero-order valence-corrected chi connectivity index (χ0v) is 10.3. The van der Waals surface area contributed by atoms with Crippen LogP contribution in [0.1, 0.15) is 13.8 Å². The van der Waals surface area contributed by atoms with Crippen molar-refractivity contribution in [2.45, 2.75) is 19.4 Å². The summed E-state index contributed by atoms with van der Waals surface area (Å²) in [4.78, 5) is 34.7. The molecule has 0 rings (SSSR count). The largest absolute Gasteiger partial charge is 0.468 e. The van der Waals surface area contributed by atoms with Crippen LogP contribution in [0, 0.1) is 0 Å². The third-order valence-electron chi connectivity index (χ3n) is 1.91. The minimum atomic E-state index is -1.68. The first-order valence-electron chi connectivity index (χ1n) is 4.87. The molecule has 0 atom stereocenters. The highest BCUT2D eigenvalue weighted by Gasteiger charge is 2.32. The molecule has 0 aromatic heterocycles. The molecule has 0 aromatic rings. The van der Waals surface area contributed by atoms with Crippen LogP contribution in [0.2, 0.25) is 0 Å². The smallest absolute Gasteiger partial charge is 0.325 e. The van der Waals surface area contributed by atoms with Gasteiger partial charge < -0.3 is 19.5 Å². The number of methoxy groups -OCH3 is 2. The summed E-state index contributed by atoms with van der Waals surface area (Å²) < 4.78 is 8.78. The highest BCUT2D eigenvalue weighted by Crippen LogP contribution is 2.07. The summed E-state index contributed by atoms with van der Waals surface area (Å²) in [5, 5.41) is 9.53. The van der Waals surface area contributed by atoms with Crippen molar-refractivity contribution in [3.63, 3.8) is 0 Å². The molecular formula is C10H17NO6. The number of nitrogens with zero attached hydrogens (tertiary/aromatic N) is 1. The molecule has 0 saturated carbocycles. The Hall–Kier alpha value is -1.63. The average molecular weight is 247 g/mol. The van der Waals surface area contributed by atoms with E-state index in [4.69, 9.17) is 0 Å². The van der Waals surface area contributed by atoms with E-state index < -0.39 is 36.5 Å². The number of aliphatic hydroxyl groups is 1. The molecule has 0 bridgehead atoms. The highest BCUT2D eigenvalue weighted by atomic mass is 16.5. The van der Waals surface area contributed by atoms with Gasteiger partial charge in [0.05, 0.1) is 14.2 Å². The average Bonchev–Trinajstić information content (AvgIpc) is 2.25. The summed E-state index contributed by atoms with van der Waals surface area (Å²) in [6, 6.07) is 0. The van der Waals surface area contributed by atoms with E-state index in [0.29, 0.717) is 0 Å². The number of rotatable bonds is 5. The van der Waals surface area contributed by atoms with Crippen molar-refractivity contribution >= 4 is 17.8 Å². The first kappa shape index (κ1) is 15.4. The Labute approximate surface area is 99.3 Å². The quantitative estimate of drug-likeness (QED) is 0.622. The van der Waals surface area contributed by atoms with E-state index in [0.717, 1.165) is 19.1 Å². The molecule has 98 valence electrons. The van der Waals surface area contributed by atoms with Gasteiger partial charge in [0.2, 0.25) is 0 Å². The van der Waals surface area contributed by atoms with Gasteiger partial charge in [-0.25, -0.2) is 0 Å². The second kappa shape index (κ2) is 6.19. The van der Waals surface area contributed by atoms with Crippen LogP contribution in [0.25, 0.3) is 0 Å². The van der Waals surface area contributed by atoms with Gasteiger partial charge in [0.1, 0.15) is 18.7 Å². The van der Waals surface area contributed by atoms with Gasteiger partial charge in [0.15, 0.2) is 0 Å². The highest BCUT2D eigenvalue weighted by molar-refractivity contribution is 5.90. The van der Waals surface area contributed by atoms with E-state index in [1.165, 1.54) is 13.8 Å². The second-order valence-electron chi connectivity index (χ2n) is 3.87. The molecule has 0 heterocycles. The lowest BCUT2D eigenvalue weighted by Gasteiger charge is -2.26. The van der Waals surface area contributed by atoms with Gasteiger partial charge in [0, 0.05) is 0 Å². The Bertz CT molecular complexity index is 288. The van der Waals surface area contributed by atoms with E-state index in [-0.39, 0.29) is 0 Å². The first-order chi connectivity index (χ1) is 7.72. The molecule has 0 fully saturated rings. The van der Waals surface area contributed by atoms with Gasteiger partial charge in [0.25, 0.3) is 5.91 Å². The molecule has 0 radical (unpaired) electrons. The summed E-state index contributed by atoms with van der Waals surface area (Å²) in [5.74, 6) is -2.13. The molecule has 1 amide bonds. The lowest BCUT2D eigenvalue weighted by molar-refractivity contribution is -0.159. The van der Waals surface area contributed by atoms with Crippen molar-refractivity contribution in [3.8, 4) is 0 Å². The zero-order chi connectivity index (χ0) is 13.6. The molecule has 7 nitrogen and oxygen atoms in total. The SMILES string of the molecule is COC(=O)CN(CC(=O)OC)C(=O)C(C)(C)O. The van der Waals surface area contributed by atoms with Gasteiger partial charge in [-0.3, -0.25) is 14.4 Å². The fourth-order valence-corrected chi connectivity index (χ4v) is 1.03. The van der Waals surface area contributed by atoms with Crippen molar-refractivity contribution in [1.29, 1.82) is 0 Å². The van der Waals surface area contributed by atoms with E-state index in [1.807, 2.05) is 0 Å². The van der Waals surface area contributed by atoms with Crippen LogP contribution in [0.15, 0.2) is 0 Å². The Morgan fingerprint density at radius 3 is 1.65 bits per heavy atom. The summed E-state index contributed by atoms with van der Waals surface area (Å²) in [5.41, 5.74) is -1.68. The number of amides is 1. The number of ether oxygens (including phenoxy) is 2. The van der Waals surface area contributed by atoms with Crippen molar-refractivity contribution < 1.29 is 29.0 Å². The maximum atomic E-state index is 11.7. The van der Waals surface area contributed by atoms with E-state index >= 15 is 0 Å². The molecule has 7 heteroatoms. The minimum Gasteiger partial charge on any atom is -0.468 e. The number of hydrogen-bond acceptors (Lipinski definition) is 6. The van der Waals surface area contributed by atoms with E-state index in [1.54, 1.807) is 0 Å². The summed E-state index contributed by atoms with van der Waals surface area (Å²) in [6.07, 6.45) is 0. The van der Waals surface area contributed by atoms with Gasteiger partial charge in [-0.15, -0.1) is 0 Å². The predicted octanol–water partition coefficient (Wildman–Crippen LogP) is -1.07. The number of esters is 2. The molecule has 1 N–H and O–H groups in total. The van der Waals surface area contributed by atoms with Crippen molar-refractivity contribution in [1.82, 2.24) is 4.90 Å². The van der Waals surface area contributed by atoms with E-state index in [9.17, 15) is 19.5 Å². The number of hydrogen-bond donors (Lipinski definition) is 1. The standard InChI is InChI=1S/C10H17NO6/c1-10(2,15)9(14)11(5-7(12)16-3)6-8(13)17-4/h15H,5-6H2,1-4H3. The predicted molar refractivity (Wildman–Crippen MR) is 56.9 cm³/mol.